The first-order valence-corrected chi connectivity index (χ1v) is 5.73. The highest BCUT2D eigenvalue weighted by Crippen LogP contribution is 2.40. The Balaban J connectivity index is 2.16. The second-order valence-electron chi connectivity index (χ2n) is 4.39. The summed E-state index contributed by atoms with van der Waals surface area (Å²) in [4.78, 5) is 11.5. The summed E-state index contributed by atoms with van der Waals surface area (Å²) in [6.07, 6.45) is 0. The van der Waals surface area contributed by atoms with E-state index in [4.69, 9.17) is 0 Å². The third-order valence-corrected chi connectivity index (χ3v) is 3.16. The van der Waals surface area contributed by atoms with E-state index in [1.807, 2.05) is 0 Å². The van der Waals surface area contributed by atoms with Gasteiger partial charge in [0.2, 0.25) is 0 Å². The largest absolute Gasteiger partial charge is 0.508 e. The summed E-state index contributed by atoms with van der Waals surface area (Å²) in [7, 11) is 0. The lowest BCUT2D eigenvalue weighted by Gasteiger charge is -2.08. The van der Waals surface area contributed by atoms with Crippen molar-refractivity contribution in [2.75, 3.05) is 5.32 Å². The fraction of sp³-hybridized carbons (Fsp3) is 0. The number of phenolic OH excluding ortho intramolecular Hbond substituents is 2. The van der Waals surface area contributed by atoms with Crippen molar-refractivity contribution in [2.45, 2.75) is 0 Å². The molecule has 2 aromatic rings. The van der Waals surface area contributed by atoms with Gasteiger partial charge >= 0.3 is 0 Å². The van der Waals surface area contributed by atoms with E-state index in [1.54, 1.807) is 30.3 Å². The van der Waals surface area contributed by atoms with Gasteiger partial charge in [-0.15, -0.1) is 0 Å². The Hall–Kier alpha value is -2.75. The fourth-order valence-corrected chi connectivity index (χ4v) is 2.13. The maximum absolute atomic E-state index is 11.5. The second-order valence-corrected chi connectivity index (χ2v) is 4.39. The first-order valence-electron chi connectivity index (χ1n) is 5.73. The van der Waals surface area contributed by atoms with Crippen LogP contribution < -0.4 is 5.32 Å². The Morgan fingerprint density at radius 3 is 2.37 bits per heavy atom. The molecular formula is C15H11NO3. The lowest BCUT2D eigenvalue weighted by molar-refractivity contribution is -0.110. The maximum atomic E-state index is 11.5. The van der Waals surface area contributed by atoms with Crippen LogP contribution in [-0.2, 0) is 4.79 Å². The van der Waals surface area contributed by atoms with Crippen LogP contribution in [0, 0.1) is 0 Å². The van der Waals surface area contributed by atoms with E-state index in [9.17, 15) is 15.0 Å². The summed E-state index contributed by atoms with van der Waals surface area (Å²) in [5, 5.41) is 21.9. The van der Waals surface area contributed by atoms with Gasteiger partial charge in [0.1, 0.15) is 11.5 Å². The van der Waals surface area contributed by atoms with Crippen molar-refractivity contribution in [1.82, 2.24) is 0 Å². The second kappa shape index (κ2) is 3.88. The molecule has 0 radical (unpaired) electrons. The average molecular weight is 253 g/mol. The molecule has 0 aromatic heterocycles. The molecule has 1 aliphatic heterocycles. The SMILES string of the molecule is C=C1C(=O)Nc2cc(O)c(-c3ccc(O)cc3)cc21. The standard InChI is InChI=1S/C15H11NO3/c1-8-11-6-12(9-2-4-10(17)5-3-9)14(18)7-13(11)16-15(8)19/h2-7,17-18H,1H2,(H,16,19). The summed E-state index contributed by atoms with van der Waals surface area (Å²) in [6.45, 7) is 3.72. The molecule has 0 saturated heterocycles. The zero-order valence-electron chi connectivity index (χ0n) is 9.97. The number of hydrogen-bond acceptors (Lipinski definition) is 3. The molecular weight excluding hydrogens is 242 g/mol. The van der Waals surface area contributed by atoms with E-state index in [2.05, 4.69) is 11.9 Å². The first-order chi connectivity index (χ1) is 9.06. The molecule has 94 valence electrons. The van der Waals surface area contributed by atoms with Gasteiger partial charge in [-0.2, -0.15) is 0 Å². The summed E-state index contributed by atoms with van der Waals surface area (Å²) < 4.78 is 0. The number of carbonyl (C=O) groups is 1. The molecule has 4 nitrogen and oxygen atoms in total. The van der Waals surface area contributed by atoms with Crippen molar-refractivity contribution in [3.8, 4) is 22.6 Å². The molecule has 3 rings (SSSR count). The van der Waals surface area contributed by atoms with Crippen molar-refractivity contribution in [3.63, 3.8) is 0 Å². The number of aromatic hydroxyl groups is 2. The van der Waals surface area contributed by atoms with Gasteiger partial charge in [0.25, 0.3) is 5.91 Å². The predicted molar refractivity (Wildman–Crippen MR) is 72.9 cm³/mol. The number of amides is 1. The molecule has 0 atom stereocenters. The monoisotopic (exact) mass is 253 g/mol. The molecule has 4 heteroatoms. The normalized spacial score (nSPS) is 13.3. The maximum Gasteiger partial charge on any atom is 0.255 e. The van der Waals surface area contributed by atoms with E-state index in [0.29, 0.717) is 22.4 Å². The molecule has 0 unspecified atom stereocenters. The Morgan fingerprint density at radius 2 is 1.68 bits per heavy atom. The third-order valence-electron chi connectivity index (χ3n) is 3.16. The van der Waals surface area contributed by atoms with Crippen LogP contribution in [0.5, 0.6) is 11.5 Å². The minimum absolute atomic E-state index is 0.0689. The van der Waals surface area contributed by atoms with E-state index < -0.39 is 0 Å². The number of rotatable bonds is 1. The van der Waals surface area contributed by atoms with Crippen LogP contribution in [0.15, 0.2) is 43.0 Å². The van der Waals surface area contributed by atoms with Gasteiger partial charge in [-0.05, 0) is 23.8 Å². The predicted octanol–water partition coefficient (Wildman–Crippen LogP) is 2.73. The highest BCUT2D eigenvalue weighted by Gasteiger charge is 2.24. The molecule has 1 aliphatic rings. The van der Waals surface area contributed by atoms with Crippen LogP contribution >= 0.6 is 0 Å². The van der Waals surface area contributed by atoms with Crippen molar-refractivity contribution >= 4 is 17.2 Å². The first kappa shape index (κ1) is 11.3. The molecule has 0 saturated carbocycles. The summed E-state index contributed by atoms with van der Waals surface area (Å²) in [6, 6.07) is 9.71. The number of anilines is 1. The van der Waals surface area contributed by atoms with E-state index >= 15 is 0 Å². The van der Waals surface area contributed by atoms with Crippen molar-refractivity contribution in [1.29, 1.82) is 0 Å². The van der Waals surface area contributed by atoms with Gasteiger partial charge in [0.15, 0.2) is 0 Å². The van der Waals surface area contributed by atoms with Crippen molar-refractivity contribution in [2.24, 2.45) is 0 Å². The topological polar surface area (TPSA) is 69.6 Å². The number of nitrogens with one attached hydrogen (secondary N) is 1. The highest BCUT2D eigenvalue weighted by molar-refractivity contribution is 6.31. The van der Waals surface area contributed by atoms with Crippen LogP contribution in [-0.4, -0.2) is 16.1 Å². The molecule has 0 fully saturated rings. The van der Waals surface area contributed by atoms with E-state index in [0.717, 1.165) is 5.56 Å². The number of benzene rings is 2. The highest BCUT2D eigenvalue weighted by atomic mass is 16.3. The van der Waals surface area contributed by atoms with E-state index in [-0.39, 0.29) is 17.4 Å². The number of hydrogen-bond donors (Lipinski definition) is 3. The molecule has 1 amide bonds. The smallest absolute Gasteiger partial charge is 0.255 e. The Kier molecular flexibility index (Phi) is 2.32. The summed E-state index contributed by atoms with van der Waals surface area (Å²) in [5.74, 6) is -0.0256. The van der Waals surface area contributed by atoms with E-state index in [1.165, 1.54) is 6.07 Å². The minimum atomic E-state index is -0.253. The molecule has 3 N–H and O–H groups in total. The van der Waals surface area contributed by atoms with Crippen molar-refractivity contribution in [3.05, 3.63) is 48.5 Å². The quantitative estimate of drug-likeness (QED) is 0.684. The summed E-state index contributed by atoms with van der Waals surface area (Å²) in [5.41, 5.74) is 2.98. The Morgan fingerprint density at radius 1 is 1.00 bits per heavy atom. The van der Waals surface area contributed by atoms with Crippen LogP contribution in [0.1, 0.15) is 5.56 Å². The van der Waals surface area contributed by atoms with Gasteiger partial charge in [-0.25, -0.2) is 0 Å². The number of carbonyl (C=O) groups excluding carboxylic acids is 1. The zero-order valence-corrected chi connectivity index (χ0v) is 9.97. The van der Waals surface area contributed by atoms with Gasteiger partial charge in [-0.1, -0.05) is 18.7 Å². The minimum Gasteiger partial charge on any atom is -0.508 e. The van der Waals surface area contributed by atoms with Gasteiger partial charge in [0, 0.05) is 22.8 Å². The molecule has 2 aromatic carbocycles. The molecule has 0 bridgehead atoms. The van der Waals surface area contributed by atoms with Crippen LogP contribution in [0.3, 0.4) is 0 Å². The number of phenols is 2. The number of fused-ring (bicyclic) bond motifs is 1. The molecule has 19 heavy (non-hydrogen) atoms. The van der Waals surface area contributed by atoms with Gasteiger partial charge < -0.3 is 15.5 Å². The molecule has 0 aliphatic carbocycles. The average Bonchev–Trinajstić information content (AvgIpc) is 2.65. The van der Waals surface area contributed by atoms with Crippen LogP contribution in [0.4, 0.5) is 5.69 Å². The fourth-order valence-electron chi connectivity index (χ4n) is 2.13. The Labute approximate surface area is 109 Å². The Bertz CT molecular complexity index is 702. The summed E-state index contributed by atoms with van der Waals surface area (Å²) >= 11 is 0. The molecule has 0 spiro atoms. The lowest BCUT2D eigenvalue weighted by Crippen LogP contribution is -2.02. The zero-order chi connectivity index (χ0) is 13.6. The third kappa shape index (κ3) is 1.74. The molecule has 1 heterocycles. The van der Waals surface area contributed by atoms with Crippen molar-refractivity contribution < 1.29 is 15.0 Å². The van der Waals surface area contributed by atoms with Crippen LogP contribution in [0.25, 0.3) is 16.7 Å². The van der Waals surface area contributed by atoms with Gasteiger partial charge in [-0.3, -0.25) is 4.79 Å². The van der Waals surface area contributed by atoms with Gasteiger partial charge in [0.05, 0.1) is 5.69 Å². The van der Waals surface area contributed by atoms with Crippen LogP contribution in [0.2, 0.25) is 0 Å². The lowest BCUT2D eigenvalue weighted by atomic mass is 9.99.